The molecule has 1 N–H and O–H groups in total. The lowest BCUT2D eigenvalue weighted by Gasteiger charge is -2.03. The van der Waals surface area contributed by atoms with Gasteiger partial charge < -0.3 is 0 Å². The van der Waals surface area contributed by atoms with E-state index in [0.29, 0.717) is 15.7 Å². The Morgan fingerprint density at radius 3 is 2.59 bits per heavy atom. The molecule has 17 heavy (non-hydrogen) atoms. The Morgan fingerprint density at radius 2 is 2.00 bits per heavy atom. The van der Waals surface area contributed by atoms with Crippen molar-refractivity contribution in [1.29, 1.82) is 0 Å². The molecule has 1 aromatic heterocycles. The minimum Gasteiger partial charge on any atom is -0.296 e. The molecule has 0 bridgehead atoms. The maximum Gasteiger partial charge on any atom is 0.259 e. The van der Waals surface area contributed by atoms with E-state index >= 15 is 0 Å². The summed E-state index contributed by atoms with van der Waals surface area (Å²) in [5.41, 5.74) is 0.308. The van der Waals surface area contributed by atoms with Crippen molar-refractivity contribution in [3.8, 4) is 0 Å². The number of halogens is 3. The summed E-state index contributed by atoms with van der Waals surface area (Å²) in [6, 6.07) is 4.60. The van der Waals surface area contributed by atoms with Gasteiger partial charge in [-0.3, -0.25) is 10.1 Å². The maximum atomic E-state index is 11.8. The molecule has 0 fully saturated rings. The van der Waals surface area contributed by atoms with E-state index in [2.05, 4.69) is 15.5 Å². The Bertz CT molecular complexity index is 572. The van der Waals surface area contributed by atoms with Crippen molar-refractivity contribution in [3.05, 3.63) is 38.3 Å². The van der Waals surface area contributed by atoms with Crippen molar-refractivity contribution in [2.45, 2.75) is 0 Å². The summed E-state index contributed by atoms with van der Waals surface area (Å²) in [7, 11) is 0. The largest absolute Gasteiger partial charge is 0.296 e. The second-order valence-electron chi connectivity index (χ2n) is 2.94. The standard InChI is InChI=1S/C9H4Cl3N3OS/c10-4-1-2-5(6(11)3-4)7(16)13-9-15-14-8(12)17-9/h1-3H,(H,13,15,16). The Hall–Kier alpha value is -0.880. The van der Waals surface area contributed by atoms with E-state index in [-0.39, 0.29) is 15.4 Å². The molecule has 0 atom stereocenters. The van der Waals surface area contributed by atoms with Crippen LogP contribution in [0.25, 0.3) is 0 Å². The van der Waals surface area contributed by atoms with Crippen LogP contribution in [0.5, 0.6) is 0 Å². The molecule has 1 amide bonds. The fourth-order valence-corrected chi connectivity index (χ4v) is 2.31. The van der Waals surface area contributed by atoms with Gasteiger partial charge in [-0.2, -0.15) is 0 Å². The first-order chi connectivity index (χ1) is 8.06. The van der Waals surface area contributed by atoms with Gasteiger partial charge in [-0.1, -0.05) is 34.5 Å². The van der Waals surface area contributed by atoms with Gasteiger partial charge >= 0.3 is 0 Å². The molecule has 1 heterocycles. The Balaban J connectivity index is 2.20. The van der Waals surface area contributed by atoms with Crippen molar-refractivity contribution in [2.24, 2.45) is 0 Å². The number of amides is 1. The van der Waals surface area contributed by atoms with Crippen molar-refractivity contribution >= 4 is 57.2 Å². The molecule has 0 saturated heterocycles. The molecule has 1 aromatic carbocycles. The van der Waals surface area contributed by atoms with E-state index in [1.807, 2.05) is 0 Å². The van der Waals surface area contributed by atoms with Gasteiger partial charge in [0, 0.05) is 5.02 Å². The number of carbonyl (C=O) groups excluding carboxylic acids is 1. The van der Waals surface area contributed by atoms with Crippen molar-refractivity contribution in [3.63, 3.8) is 0 Å². The molecule has 0 spiro atoms. The number of anilines is 1. The highest BCUT2D eigenvalue weighted by atomic mass is 35.5. The third kappa shape index (κ3) is 3.07. The topological polar surface area (TPSA) is 54.9 Å². The minimum atomic E-state index is -0.389. The van der Waals surface area contributed by atoms with E-state index in [0.717, 1.165) is 11.3 Å². The van der Waals surface area contributed by atoms with E-state index in [1.54, 1.807) is 6.07 Å². The summed E-state index contributed by atoms with van der Waals surface area (Å²) in [6.45, 7) is 0. The maximum absolute atomic E-state index is 11.8. The monoisotopic (exact) mass is 307 g/mol. The van der Waals surface area contributed by atoms with Gasteiger partial charge in [0.05, 0.1) is 10.6 Å². The van der Waals surface area contributed by atoms with Gasteiger partial charge in [0.1, 0.15) is 0 Å². The van der Waals surface area contributed by atoms with Crippen LogP contribution in [0, 0.1) is 0 Å². The summed E-state index contributed by atoms with van der Waals surface area (Å²) in [6.07, 6.45) is 0. The molecule has 0 aliphatic rings. The number of nitrogens with one attached hydrogen (secondary N) is 1. The fourth-order valence-electron chi connectivity index (χ4n) is 1.09. The van der Waals surface area contributed by atoms with Crippen LogP contribution in [0.3, 0.4) is 0 Å². The average molecular weight is 309 g/mol. The quantitative estimate of drug-likeness (QED) is 0.919. The first-order valence-electron chi connectivity index (χ1n) is 4.31. The Labute approximate surface area is 116 Å². The number of aromatic nitrogens is 2. The third-order valence-corrected chi connectivity index (χ3v) is 3.28. The molecule has 0 saturated carbocycles. The van der Waals surface area contributed by atoms with Crippen molar-refractivity contribution < 1.29 is 4.79 Å². The lowest BCUT2D eigenvalue weighted by molar-refractivity contribution is 0.102. The Kier molecular flexibility index (Phi) is 3.83. The zero-order valence-electron chi connectivity index (χ0n) is 8.08. The van der Waals surface area contributed by atoms with Gasteiger partial charge in [-0.05, 0) is 29.8 Å². The first kappa shape index (κ1) is 12.6. The first-order valence-corrected chi connectivity index (χ1v) is 6.26. The highest BCUT2D eigenvalue weighted by molar-refractivity contribution is 7.19. The predicted octanol–water partition coefficient (Wildman–Crippen LogP) is 3.75. The average Bonchev–Trinajstić information content (AvgIpc) is 2.63. The van der Waals surface area contributed by atoms with E-state index in [4.69, 9.17) is 34.8 Å². The van der Waals surface area contributed by atoms with Crippen LogP contribution in [0.4, 0.5) is 5.13 Å². The molecular weight excluding hydrogens is 305 g/mol. The van der Waals surface area contributed by atoms with Crippen LogP contribution in [0.1, 0.15) is 10.4 Å². The van der Waals surface area contributed by atoms with Gasteiger partial charge in [-0.15, -0.1) is 10.2 Å². The molecule has 0 unspecified atom stereocenters. The molecular formula is C9H4Cl3N3OS. The van der Waals surface area contributed by atoms with Gasteiger partial charge in [0.15, 0.2) is 0 Å². The van der Waals surface area contributed by atoms with E-state index in [1.165, 1.54) is 12.1 Å². The number of hydrogen-bond acceptors (Lipinski definition) is 4. The number of carbonyl (C=O) groups is 1. The van der Waals surface area contributed by atoms with Gasteiger partial charge in [0.25, 0.3) is 5.91 Å². The van der Waals surface area contributed by atoms with Crippen molar-refractivity contribution in [1.82, 2.24) is 10.2 Å². The number of nitrogens with zero attached hydrogens (tertiary/aromatic N) is 2. The second-order valence-corrected chi connectivity index (χ2v) is 5.34. The molecule has 0 radical (unpaired) electrons. The lowest BCUT2D eigenvalue weighted by Crippen LogP contribution is -2.12. The highest BCUT2D eigenvalue weighted by Gasteiger charge is 2.13. The zero-order chi connectivity index (χ0) is 12.4. The SMILES string of the molecule is O=C(Nc1nnc(Cl)s1)c1ccc(Cl)cc1Cl. The van der Waals surface area contributed by atoms with Crippen LogP contribution in [-0.2, 0) is 0 Å². The van der Waals surface area contributed by atoms with Gasteiger partial charge in [0.2, 0.25) is 9.60 Å². The van der Waals surface area contributed by atoms with Crippen LogP contribution in [-0.4, -0.2) is 16.1 Å². The second kappa shape index (κ2) is 5.18. The predicted molar refractivity (Wildman–Crippen MR) is 69.3 cm³/mol. The summed E-state index contributed by atoms with van der Waals surface area (Å²) in [4.78, 5) is 11.8. The Morgan fingerprint density at radius 1 is 1.24 bits per heavy atom. The molecule has 88 valence electrons. The van der Waals surface area contributed by atoms with Crippen molar-refractivity contribution in [2.75, 3.05) is 5.32 Å². The smallest absolute Gasteiger partial charge is 0.259 e. The summed E-state index contributed by atoms with van der Waals surface area (Å²) >= 11 is 18.3. The normalized spacial score (nSPS) is 10.3. The molecule has 4 nitrogen and oxygen atoms in total. The van der Waals surface area contributed by atoms with Crippen LogP contribution < -0.4 is 5.32 Å². The zero-order valence-corrected chi connectivity index (χ0v) is 11.2. The summed E-state index contributed by atoms with van der Waals surface area (Å²) < 4.78 is 0.252. The third-order valence-electron chi connectivity index (χ3n) is 1.80. The lowest BCUT2D eigenvalue weighted by atomic mass is 10.2. The summed E-state index contributed by atoms with van der Waals surface area (Å²) in [5.74, 6) is -0.389. The highest BCUT2D eigenvalue weighted by Crippen LogP contribution is 2.24. The molecule has 8 heteroatoms. The number of rotatable bonds is 2. The van der Waals surface area contributed by atoms with E-state index < -0.39 is 0 Å². The summed E-state index contributed by atoms with van der Waals surface area (Å²) in [5, 5.41) is 10.8. The molecule has 0 aliphatic heterocycles. The van der Waals surface area contributed by atoms with E-state index in [9.17, 15) is 4.79 Å². The van der Waals surface area contributed by atoms with Crippen LogP contribution >= 0.6 is 46.1 Å². The van der Waals surface area contributed by atoms with Crippen LogP contribution in [0.15, 0.2) is 18.2 Å². The number of hydrogen-bond donors (Lipinski definition) is 1. The van der Waals surface area contributed by atoms with Gasteiger partial charge in [-0.25, -0.2) is 0 Å². The minimum absolute atomic E-state index is 0.252. The molecule has 2 rings (SSSR count). The molecule has 0 aliphatic carbocycles. The molecule has 2 aromatic rings. The number of benzene rings is 1. The fraction of sp³-hybridized carbons (Fsp3) is 0. The van der Waals surface area contributed by atoms with Crippen LogP contribution in [0.2, 0.25) is 14.5 Å².